The van der Waals surface area contributed by atoms with E-state index in [9.17, 15) is 4.79 Å². The highest BCUT2D eigenvalue weighted by atomic mass is 16.2. The van der Waals surface area contributed by atoms with E-state index in [0.717, 1.165) is 29.6 Å². The van der Waals surface area contributed by atoms with Gasteiger partial charge in [0.1, 0.15) is 0 Å². The van der Waals surface area contributed by atoms with Gasteiger partial charge in [-0.2, -0.15) is 0 Å². The lowest BCUT2D eigenvalue weighted by Crippen LogP contribution is -2.32. The van der Waals surface area contributed by atoms with Crippen LogP contribution in [0.4, 0.5) is 5.95 Å². The second-order valence-corrected chi connectivity index (χ2v) is 7.86. The van der Waals surface area contributed by atoms with Gasteiger partial charge in [0, 0.05) is 48.8 Å². The molecule has 9 heteroatoms. The fourth-order valence-electron chi connectivity index (χ4n) is 4.11. The highest BCUT2D eigenvalue weighted by molar-refractivity contribution is 5.97. The van der Waals surface area contributed by atoms with Gasteiger partial charge in [0.05, 0.1) is 18.0 Å². The largest absolute Gasteiger partial charge is 0.334 e. The number of nitrogens with zero attached hydrogens (tertiary/aromatic N) is 8. The number of pyridine rings is 1. The average Bonchev–Trinajstić information content (AvgIpc) is 3.43. The van der Waals surface area contributed by atoms with Gasteiger partial charge >= 0.3 is 0 Å². The molecule has 0 bridgehead atoms. The van der Waals surface area contributed by atoms with Crippen molar-refractivity contribution in [1.82, 2.24) is 34.8 Å². The smallest absolute Gasteiger partial charge is 0.258 e. The summed E-state index contributed by atoms with van der Waals surface area (Å²) < 4.78 is 1.54. The molecule has 5 rings (SSSR count). The Labute approximate surface area is 174 Å². The maximum atomic E-state index is 13.3. The SMILES string of the molecule is Cc1cc(C)nc(N2C=C3CN(C(=O)c4ccc(C)nc4-n4ccnn4)CC3C2)n1. The van der Waals surface area contributed by atoms with Crippen molar-refractivity contribution in [3.05, 3.63) is 65.0 Å². The number of anilines is 1. The van der Waals surface area contributed by atoms with Crippen LogP contribution in [0.1, 0.15) is 27.4 Å². The number of aromatic nitrogens is 6. The normalized spacial score (nSPS) is 18.0. The highest BCUT2D eigenvalue weighted by Crippen LogP contribution is 2.32. The first-order valence-corrected chi connectivity index (χ1v) is 9.91. The third-order valence-corrected chi connectivity index (χ3v) is 5.48. The Hall–Kier alpha value is -3.62. The van der Waals surface area contributed by atoms with Crippen molar-refractivity contribution >= 4 is 11.9 Å². The summed E-state index contributed by atoms with van der Waals surface area (Å²) in [5.74, 6) is 1.47. The Balaban J connectivity index is 1.38. The van der Waals surface area contributed by atoms with Gasteiger partial charge in [-0.3, -0.25) is 4.79 Å². The van der Waals surface area contributed by atoms with Crippen molar-refractivity contribution < 1.29 is 4.79 Å². The standard InChI is InChI=1S/C21H22N8O/c1-13-4-5-18(19(23-13)29-7-6-22-26-29)20(30)27-9-16-11-28(12-17(16)10-27)21-24-14(2)8-15(3)25-21/h4-8,11,17H,9-10,12H2,1-3H3. The van der Waals surface area contributed by atoms with Crippen molar-refractivity contribution in [2.24, 2.45) is 5.92 Å². The molecule has 1 atom stereocenters. The summed E-state index contributed by atoms with van der Waals surface area (Å²) in [6.45, 7) is 7.88. The molecule has 30 heavy (non-hydrogen) atoms. The molecule has 0 radical (unpaired) electrons. The summed E-state index contributed by atoms with van der Waals surface area (Å²) in [7, 11) is 0. The number of aryl methyl sites for hydroxylation is 3. The Morgan fingerprint density at radius 1 is 1.03 bits per heavy atom. The Morgan fingerprint density at radius 3 is 2.53 bits per heavy atom. The zero-order chi connectivity index (χ0) is 20.8. The molecule has 0 spiro atoms. The van der Waals surface area contributed by atoms with Crippen LogP contribution >= 0.6 is 0 Å². The van der Waals surface area contributed by atoms with Gasteiger partial charge < -0.3 is 9.80 Å². The lowest BCUT2D eigenvalue weighted by molar-refractivity contribution is 0.0788. The minimum Gasteiger partial charge on any atom is -0.334 e. The topological polar surface area (TPSA) is 92.9 Å². The quantitative estimate of drug-likeness (QED) is 0.660. The molecule has 2 aliphatic rings. The van der Waals surface area contributed by atoms with E-state index in [2.05, 4.69) is 36.4 Å². The minimum atomic E-state index is -0.0440. The monoisotopic (exact) mass is 402 g/mol. The van der Waals surface area contributed by atoms with Gasteiger partial charge in [-0.25, -0.2) is 19.6 Å². The zero-order valence-electron chi connectivity index (χ0n) is 17.1. The molecule has 3 aromatic heterocycles. The van der Waals surface area contributed by atoms with Gasteiger partial charge in [-0.05, 0) is 44.5 Å². The second kappa shape index (κ2) is 7.01. The van der Waals surface area contributed by atoms with Gasteiger partial charge in [-0.1, -0.05) is 5.21 Å². The second-order valence-electron chi connectivity index (χ2n) is 7.86. The predicted molar refractivity (Wildman–Crippen MR) is 110 cm³/mol. The summed E-state index contributed by atoms with van der Waals surface area (Å²) in [6, 6.07) is 5.64. The molecule has 152 valence electrons. The molecule has 0 aromatic carbocycles. The Bertz CT molecular complexity index is 1130. The van der Waals surface area contributed by atoms with Crippen molar-refractivity contribution in [3.63, 3.8) is 0 Å². The Morgan fingerprint density at radius 2 is 1.83 bits per heavy atom. The lowest BCUT2D eigenvalue weighted by Gasteiger charge is -2.21. The van der Waals surface area contributed by atoms with E-state index in [1.165, 1.54) is 10.3 Å². The van der Waals surface area contributed by atoms with Crippen LogP contribution in [-0.4, -0.2) is 60.4 Å². The Kier molecular flexibility index (Phi) is 4.30. The molecule has 2 aliphatic heterocycles. The van der Waals surface area contributed by atoms with Gasteiger partial charge in [0.25, 0.3) is 5.91 Å². The minimum absolute atomic E-state index is 0.0440. The molecule has 0 N–H and O–H groups in total. The molecular formula is C21H22N8O. The van der Waals surface area contributed by atoms with Crippen LogP contribution in [-0.2, 0) is 0 Å². The summed E-state index contributed by atoms with van der Waals surface area (Å²) in [6.07, 6.45) is 5.37. The maximum absolute atomic E-state index is 13.3. The molecule has 0 aliphatic carbocycles. The first-order chi connectivity index (χ1) is 14.5. The highest BCUT2D eigenvalue weighted by Gasteiger charge is 2.37. The number of carbonyl (C=O) groups excluding carboxylic acids is 1. The number of hydrogen-bond donors (Lipinski definition) is 0. The molecule has 1 unspecified atom stereocenters. The average molecular weight is 402 g/mol. The summed E-state index contributed by atoms with van der Waals surface area (Å²) in [5, 5.41) is 7.86. The summed E-state index contributed by atoms with van der Waals surface area (Å²) >= 11 is 0. The number of likely N-dealkylation sites (tertiary alicyclic amines) is 1. The molecule has 9 nitrogen and oxygen atoms in total. The first-order valence-electron chi connectivity index (χ1n) is 9.91. The molecule has 5 heterocycles. The van der Waals surface area contributed by atoms with E-state index in [1.807, 2.05) is 43.9 Å². The summed E-state index contributed by atoms with van der Waals surface area (Å²) in [4.78, 5) is 30.9. The van der Waals surface area contributed by atoms with Gasteiger partial charge in [-0.15, -0.1) is 5.10 Å². The first kappa shape index (κ1) is 18.4. The van der Waals surface area contributed by atoms with Crippen LogP contribution in [0.15, 0.2) is 42.4 Å². The molecular weight excluding hydrogens is 380 g/mol. The molecule has 3 aromatic rings. The molecule has 1 saturated heterocycles. The molecule has 1 amide bonds. The fourth-order valence-corrected chi connectivity index (χ4v) is 4.11. The van der Waals surface area contributed by atoms with E-state index in [-0.39, 0.29) is 11.8 Å². The third-order valence-electron chi connectivity index (χ3n) is 5.48. The van der Waals surface area contributed by atoms with Gasteiger partial charge in [0.2, 0.25) is 5.95 Å². The van der Waals surface area contributed by atoms with E-state index >= 15 is 0 Å². The summed E-state index contributed by atoms with van der Waals surface area (Å²) in [5.41, 5.74) is 4.49. The van der Waals surface area contributed by atoms with Crippen molar-refractivity contribution in [1.29, 1.82) is 0 Å². The molecule has 0 saturated carbocycles. The van der Waals surface area contributed by atoms with Crippen molar-refractivity contribution in [2.75, 3.05) is 24.5 Å². The number of carbonyl (C=O) groups is 1. The van der Waals surface area contributed by atoms with Crippen molar-refractivity contribution in [2.45, 2.75) is 20.8 Å². The predicted octanol–water partition coefficient (Wildman–Crippen LogP) is 1.85. The lowest BCUT2D eigenvalue weighted by atomic mass is 10.1. The number of rotatable bonds is 3. The number of fused-ring (bicyclic) bond motifs is 1. The van der Waals surface area contributed by atoms with Gasteiger partial charge in [0.15, 0.2) is 5.82 Å². The zero-order valence-corrected chi connectivity index (χ0v) is 17.1. The number of amides is 1. The van der Waals surface area contributed by atoms with E-state index in [1.54, 1.807) is 12.4 Å². The maximum Gasteiger partial charge on any atom is 0.258 e. The van der Waals surface area contributed by atoms with Crippen LogP contribution in [0.25, 0.3) is 5.82 Å². The van der Waals surface area contributed by atoms with Crippen LogP contribution in [0.5, 0.6) is 0 Å². The fraction of sp³-hybridized carbons (Fsp3) is 0.333. The van der Waals surface area contributed by atoms with Crippen LogP contribution in [0.2, 0.25) is 0 Å². The van der Waals surface area contributed by atoms with E-state index < -0.39 is 0 Å². The van der Waals surface area contributed by atoms with Crippen LogP contribution in [0.3, 0.4) is 0 Å². The third kappa shape index (κ3) is 3.22. The van der Waals surface area contributed by atoms with E-state index in [4.69, 9.17) is 0 Å². The van der Waals surface area contributed by atoms with E-state index in [0.29, 0.717) is 24.5 Å². The van der Waals surface area contributed by atoms with Crippen LogP contribution in [0, 0.1) is 26.7 Å². The number of hydrogen-bond acceptors (Lipinski definition) is 7. The van der Waals surface area contributed by atoms with Crippen LogP contribution < -0.4 is 4.90 Å². The molecule has 1 fully saturated rings. The van der Waals surface area contributed by atoms with Crippen molar-refractivity contribution in [3.8, 4) is 5.82 Å².